The van der Waals surface area contributed by atoms with Gasteiger partial charge in [-0.1, -0.05) is 72.0 Å². The summed E-state index contributed by atoms with van der Waals surface area (Å²) in [6.45, 7) is 7.53. The lowest BCUT2D eigenvalue weighted by molar-refractivity contribution is -0.122. The number of anilines is 1. The molecule has 0 radical (unpaired) electrons. The van der Waals surface area contributed by atoms with Gasteiger partial charge in [-0.05, 0) is 31.6 Å². The summed E-state index contributed by atoms with van der Waals surface area (Å²) in [5, 5.41) is 0.997. The number of morpholine rings is 1. The van der Waals surface area contributed by atoms with Gasteiger partial charge in [-0.2, -0.15) is 0 Å². The highest BCUT2D eigenvalue weighted by atomic mass is 32.2. The van der Waals surface area contributed by atoms with Gasteiger partial charge >= 0.3 is 0 Å². The Labute approximate surface area is 214 Å². The monoisotopic (exact) mass is 505 g/mol. The maximum Gasteiger partial charge on any atom is 0.266 e. The summed E-state index contributed by atoms with van der Waals surface area (Å²) >= 11 is 6.83. The number of para-hydroxylation sites is 1. The highest BCUT2D eigenvalue weighted by Crippen LogP contribution is 2.37. The van der Waals surface area contributed by atoms with Crippen LogP contribution in [0.4, 0.5) is 5.69 Å². The Kier molecular flexibility index (Phi) is 6.77. The van der Waals surface area contributed by atoms with Crippen molar-refractivity contribution in [3.8, 4) is 0 Å². The number of benzene rings is 2. The number of thioether (sulfide) groups is 1. The molecule has 2 saturated heterocycles. The first-order chi connectivity index (χ1) is 17.0. The largest absolute Gasteiger partial charge is 0.378 e. The van der Waals surface area contributed by atoms with Crippen molar-refractivity contribution in [2.45, 2.75) is 26.9 Å². The first-order valence-electron chi connectivity index (χ1n) is 11.8. The van der Waals surface area contributed by atoms with Gasteiger partial charge in [0, 0.05) is 25.0 Å². The second-order valence-electron chi connectivity index (χ2n) is 8.68. The molecule has 1 amide bonds. The zero-order valence-corrected chi connectivity index (χ0v) is 21.5. The van der Waals surface area contributed by atoms with Gasteiger partial charge in [0.05, 0.1) is 41.4 Å². The van der Waals surface area contributed by atoms with E-state index in [2.05, 4.69) is 4.90 Å². The molecule has 2 aliphatic heterocycles. The number of fused-ring (bicyclic) bond motifs is 1. The van der Waals surface area contributed by atoms with E-state index in [0.29, 0.717) is 54.2 Å². The van der Waals surface area contributed by atoms with E-state index in [9.17, 15) is 9.59 Å². The Balaban J connectivity index is 1.61. The zero-order valence-electron chi connectivity index (χ0n) is 19.8. The molecule has 180 valence electrons. The molecule has 0 saturated carbocycles. The van der Waals surface area contributed by atoms with Crippen LogP contribution >= 0.6 is 24.0 Å². The van der Waals surface area contributed by atoms with Gasteiger partial charge in [-0.3, -0.25) is 14.5 Å². The molecular weight excluding hydrogens is 478 g/mol. The van der Waals surface area contributed by atoms with E-state index in [4.69, 9.17) is 17.0 Å². The molecule has 0 spiro atoms. The Morgan fingerprint density at radius 1 is 1.06 bits per heavy atom. The van der Waals surface area contributed by atoms with Gasteiger partial charge in [0.15, 0.2) is 0 Å². The van der Waals surface area contributed by atoms with Gasteiger partial charge in [0.2, 0.25) is 0 Å². The molecule has 0 aliphatic carbocycles. The number of rotatable bonds is 5. The molecule has 0 N–H and O–H groups in total. The number of hydrogen-bond acceptors (Lipinski definition) is 6. The van der Waals surface area contributed by atoms with Crippen molar-refractivity contribution in [2.75, 3.05) is 31.2 Å². The van der Waals surface area contributed by atoms with Crippen molar-refractivity contribution in [2.24, 2.45) is 0 Å². The average Bonchev–Trinajstić information content (AvgIpc) is 3.13. The Hall–Kier alpha value is -2.94. The number of nitrogens with zero attached hydrogens (tertiary/aromatic N) is 3. The molecule has 2 aromatic carbocycles. The molecule has 35 heavy (non-hydrogen) atoms. The Bertz CT molecular complexity index is 1390. The van der Waals surface area contributed by atoms with E-state index in [-0.39, 0.29) is 11.5 Å². The normalized spacial score (nSPS) is 17.7. The van der Waals surface area contributed by atoms with Gasteiger partial charge in [-0.15, -0.1) is 0 Å². The summed E-state index contributed by atoms with van der Waals surface area (Å²) in [5.74, 6) is -0.163. The van der Waals surface area contributed by atoms with Crippen LogP contribution in [0, 0.1) is 6.92 Å². The second-order valence-corrected chi connectivity index (χ2v) is 10.4. The lowest BCUT2D eigenvalue weighted by Crippen LogP contribution is -2.38. The van der Waals surface area contributed by atoms with Gasteiger partial charge < -0.3 is 14.2 Å². The molecule has 1 aromatic heterocycles. The van der Waals surface area contributed by atoms with Gasteiger partial charge in [0.25, 0.3) is 11.5 Å². The summed E-state index contributed by atoms with van der Waals surface area (Å²) < 4.78 is 7.85. The SMILES string of the molecule is CCn1c(=O)c(C=C2SC(=S)N(Cc3ccc(C)cc3)C2=O)c(N2CCOCC2)c2ccccc21. The summed E-state index contributed by atoms with van der Waals surface area (Å²) in [6, 6.07) is 16.0. The topological polar surface area (TPSA) is 54.8 Å². The van der Waals surface area contributed by atoms with Gasteiger partial charge in [0.1, 0.15) is 4.32 Å². The summed E-state index contributed by atoms with van der Waals surface area (Å²) in [7, 11) is 0. The van der Waals surface area contributed by atoms with Crippen LogP contribution in [0.15, 0.2) is 58.2 Å². The molecule has 6 nitrogen and oxygen atoms in total. The average molecular weight is 506 g/mol. The number of ether oxygens (including phenoxy) is 1. The van der Waals surface area contributed by atoms with Crippen molar-refractivity contribution >= 4 is 56.9 Å². The Morgan fingerprint density at radius 3 is 2.49 bits per heavy atom. The van der Waals surface area contributed by atoms with Crippen molar-refractivity contribution in [1.82, 2.24) is 9.47 Å². The quantitative estimate of drug-likeness (QED) is 0.374. The number of thiocarbonyl (C=S) groups is 1. The molecule has 0 unspecified atom stereocenters. The zero-order chi connectivity index (χ0) is 24.5. The van der Waals surface area contributed by atoms with Crippen LogP contribution in [0.25, 0.3) is 17.0 Å². The minimum absolute atomic E-state index is 0.100. The number of hydrogen-bond donors (Lipinski definition) is 0. The maximum atomic E-state index is 13.8. The standard InChI is InChI=1S/C27H27N3O3S2/c1-3-29-22-7-5-4-6-20(22)24(28-12-14-33-15-13-28)21(25(29)31)16-23-26(32)30(27(34)35-23)17-19-10-8-18(2)9-11-19/h4-11,16H,3,12-15,17H2,1-2H3. The third-order valence-corrected chi connectivity index (χ3v) is 7.81. The lowest BCUT2D eigenvalue weighted by atomic mass is 10.1. The molecule has 3 heterocycles. The highest BCUT2D eigenvalue weighted by molar-refractivity contribution is 8.26. The first-order valence-corrected chi connectivity index (χ1v) is 13.0. The van der Waals surface area contributed by atoms with Crippen LogP contribution in [0.5, 0.6) is 0 Å². The minimum atomic E-state index is -0.163. The number of amides is 1. The van der Waals surface area contributed by atoms with Crippen LogP contribution in [-0.2, 0) is 22.6 Å². The van der Waals surface area contributed by atoms with Crippen LogP contribution in [0.2, 0.25) is 0 Å². The highest BCUT2D eigenvalue weighted by Gasteiger charge is 2.33. The number of carbonyl (C=O) groups excluding carboxylic acids is 1. The van der Waals surface area contributed by atoms with Crippen LogP contribution in [0.3, 0.4) is 0 Å². The maximum absolute atomic E-state index is 13.8. The number of carbonyl (C=O) groups is 1. The fourth-order valence-electron chi connectivity index (χ4n) is 4.63. The minimum Gasteiger partial charge on any atom is -0.378 e. The fraction of sp³-hybridized carbons (Fsp3) is 0.296. The lowest BCUT2D eigenvalue weighted by Gasteiger charge is -2.31. The molecule has 2 aliphatic rings. The molecule has 2 fully saturated rings. The van der Waals surface area contributed by atoms with E-state index in [1.165, 1.54) is 11.8 Å². The predicted molar refractivity (Wildman–Crippen MR) is 147 cm³/mol. The number of pyridine rings is 1. The van der Waals surface area contributed by atoms with Crippen molar-refractivity contribution < 1.29 is 9.53 Å². The van der Waals surface area contributed by atoms with Crippen molar-refractivity contribution in [1.29, 1.82) is 0 Å². The molecule has 8 heteroatoms. The summed E-state index contributed by atoms with van der Waals surface area (Å²) in [6.07, 6.45) is 1.75. The third kappa shape index (κ3) is 4.53. The van der Waals surface area contributed by atoms with E-state index >= 15 is 0 Å². The number of aryl methyl sites for hydroxylation is 2. The van der Waals surface area contributed by atoms with Crippen molar-refractivity contribution in [3.63, 3.8) is 0 Å². The first kappa shape index (κ1) is 23.8. The molecule has 3 aromatic rings. The molecule has 5 rings (SSSR count). The predicted octanol–water partition coefficient (Wildman–Crippen LogP) is 4.57. The summed E-state index contributed by atoms with van der Waals surface area (Å²) in [5.41, 5.74) is 4.37. The van der Waals surface area contributed by atoms with E-state index in [0.717, 1.165) is 27.7 Å². The second kappa shape index (κ2) is 9.97. The molecular formula is C27H27N3O3S2. The summed E-state index contributed by atoms with van der Waals surface area (Å²) in [4.78, 5) is 31.5. The van der Waals surface area contributed by atoms with Crippen molar-refractivity contribution in [3.05, 3.63) is 80.5 Å². The fourth-order valence-corrected chi connectivity index (χ4v) is 5.86. The van der Waals surface area contributed by atoms with Crippen LogP contribution in [-0.4, -0.2) is 46.0 Å². The Morgan fingerprint density at radius 2 is 1.77 bits per heavy atom. The van der Waals surface area contributed by atoms with Crippen LogP contribution < -0.4 is 10.5 Å². The smallest absolute Gasteiger partial charge is 0.266 e. The van der Waals surface area contributed by atoms with E-state index in [1.54, 1.807) is 15.5 Å². The van der Waals surface area contributed by atoms with Crippen LogP contribution in [0.1, 0.15) is 23.6 Å². The molecule has 0 bridgehead atoms. The van der Waals surface area contributed by atoms with Gasteiger partial charge in [-0.25, -0.2) is 0 Å². The van der Waals surface area contributed by atoms with E-state index in [1.807, 2.05) is 62.4 Å². The number of aromatic nitrogens is 1. The third-order valence-electron chi connectivity index (χ3n) is 6.43. The molecule has 0 atom stereocenters. The van der Waals surface area contributed by atoms with E-state index < -0.39 is 0 Å².